The molecular formula is C32H45NOSi3Ti. The maximum absolute atomic E-state index is 13.0. The van der Waals surface area contributed by atoms with Gasteiger partial charge in [-0.05, 0) is 60.6 Å². The maximum atomic E-state index is 13.0. The summed E-state index contributed by atoms with van der Waals surface area (Å²) in [6, 6.07) is 18.1. The summed E-state index contributed by atoms with van der Waals surface area (Å²) in [5.41, 5.74) is 14.8. The van der Waals surface area contributed by atoms with Gasteiger partial charge in [-0.15, -0.1) is 11.1 Å². The zero-order chi connectivity index (χ0) is 27.6. The summed E-state index contributed by atoms with van der Waals surface area (Å²) in [5.74, 6) is 0.227. The third-order valence-electron chi connectivity index (χ3n) is 6.65. The van der Waals surface area contributed by atoms with Gasteiger partial charge in [0.15, 0.2) is 0 Å². The summed E-state index contributed by atoms with van der Waals surface area (Å²) >= 11 is 0. The molecule has 0 saturated carbocycles. The van der Waals surface area contributed by atoms with Gasteiger partial charge in [0.2, 0.25) is 0 Å². The predicted molar refractivity (Wildman–Crippen MR) is 168 cm³/mol. The first-order valence-electron chi connectivity index (χ1n) is 13.5. The first kappa shape index (κ1) is 32.7. The van der Waals surface area contributed by atoms with Crippen molar-refractivity contribution >= 4 is 36.1 Å². The topological polar surface area (TPSA) is 20.3 Å². The van der Waals surface area contributed by atoms with Gasteiger partial charge in [0, 0.05) is 46.3 Å². The third-order valence-corrected chi connectivity index (χ3v) is 10.9. The Balaban J connectivity index is 0.000000396. The van der Waals surface area contributed by atoms with Gasteiger partial charge in [0.25, 0.3) is 0 Å². The second-order valence-corrected chi connectivity index (χ2v) is 24.8. The van der Waals surface area contributed by atoms with E-state index in [1.807, 2.05) is 11.6 Å². The molecule has 0 aliphatic heterocycles. The Hall–Kier alpha value is -1.56. The number of rotatable bonds is 3. The fourth-order valence-electron chi connectivity index (χ4n) is 4.41. The Morgan fingerprint density at radius 1 is 0.816 bits per heavy atom. The van der Waals surface area contributed by atoms with Crippen molar-refractivity contribution in [3.05, 3.63) is 82.9 Å². The second-order valence-electron chi connectivity index (χ2n) is 13.4. The van der Waals surface area contributed by atoms with E-state index in [9.17, 15) is 4.46 Å². The minimum absolute atomic E-state index is 0. The van der Waals surface area contributed by atoms with Crippen molar-refractivity contribution in [2.24, 2.45) is 5.92 Å². The summed E-state index contributed by atoms with van der Waals surface area (Å²) < 4.78 is 15.0. The molecule has 0 aromatic heterocycles. The molecular weight excluding hydrogens is 546 g/mol. The molecule has 0 radical (unpaired) electrons. The summed E-state index contributed by atoms with van der Waals surface area (Å²) in [4.78, 5) is 0. The van der Waals surface area contributed by atoms with Crippen LogP contribution in [0.15, 0.2) is 60.7 Å². The summed E-state index contributed by atoms with van der Waals surface area (Å²) in [7, 11) is -2.02. The molecule has 2 nitrogen and oxygen atoms in total. The minimum atomic E-state index is -1.82. The molecule has 4 rings (SSSR count). The molecule has 200 valence electrons. The summed E-state index contributed by atoms with van der Waals surface area (Å²) in [6.07, 6.45) is 5.65. The molecule has 2 aromatic rings. The molecule has 38 heavy (non-hydrogen) atoms. The van der Waals surface area contributed by atoms with Crippen LogP contribution < -0.4 is 0 Å². The molecule has 0 amide bonds. The monoisotopic (exact) mass is 591 g/mol. The molecule has 0 N–H and O–H groups in total. The van der Waals surface area contributed by atoms with E-state index >= 15 is 0 Å². The smallest absolute Gasteiger partial charge is 0.375 e. The van der Waals surface area contributed by atoms with Gasteiger partial charge in [-0.25, -0.2) is 0 Å². The molecule has 0 fully saturated rings. The molecule has 0 unspecified atom stereocenters. The van der Waals surface area contributed by atoms with Crippen LogP contribution in [0.4, 0.5) is 0 Å². The van der Waals surface area contributed by atoms with E-state index in [1.54, 1.807) is 0 Å². The van der Waals surface area contributed by atoms with Crippen molar-refractivity contribution in [3.63, 3.8) is 0 Å². The minimum Gasteiger partial charge on any atom is -0.375 e. The first-order chi connectivity index (χ1) is 17.0. The summed E-state index contributed by atoms with van der Waals surface area (Å²) in [6.45, 7) is 20.1. The van der Waals surface area contributed by atoms with Crippen LogP contribution in [0.1, 0.15) is 43.0 Å². The van der Waals surface area contributed by atoms with Gasteiger partial charge < -0.3 is 9.03 Å². The largest absolute Gasteiger partial charge is 0.395 e. The van der Waals surface area contributed by atoms with E-state index in [0.29, 0.717) is 6.04 Å². The molecule has 2 aliphatic rings. The molecule has 0 spiro atoms. The van der Waals surface area contributed by atoms with Crippen LogP contribution in [0.3, 0.4) is 0 Å². The van der Waals surface area contributed by atoms with Crippen LogP contribution in [0.5, 0.6) is 0 Å². The fourth-order valence-corrected chi connectivity index (χ4v) is 9.07. The molecule has 0 atom stereocenters. The van der Waals surface area contributed by atoms with Crippen molar-refractivity contribution in [1.29, 1.82) is 0 Å². The first-order valence-corrected chi connectivity index (χ1v) is 22.0. The molecule has 0 bridgehead atoms. The summed E-state index contributed by atoms with van der Waals surface area (Å²) in [5, 5.41) is 0. The molecule has 0 saturated heterocycles. The van der Waals surface area contributed by atoms with Gasteiger partial charge >= 0.3 is 8.84 Å². The standard InChI is InChI=1S/C24H27NOSi.C8H18Si2.Ti/c1-24(2,3)25(4)27(26)16-17-13-22-20-11-7-5-9-18(20)15-19-10-6-8-12-21(19)23(22)14-17;1-9(2,3)7-8-10(4,5)6;/h5-14,17H,15-16H2,1-4H3;1-6H3;. The van der Waals surface area contributed by atoms with Crippen molar-refractivity contribution in [1.82, 2.24) is 4.57 Å². The van der Waals surface area contributed by atoms with Gasteiger partial charge in [0.05, 0.1) is 0 Å². The Labute approximate surface area is 250 Å². The maximum Gasteiger partial charge on any atom is 0.395 e. The van der Waals surface area contributed by atoms with Crippen LogP contribution in [0.2, 0.25) is 45.3 Å². The van der Waals surface area contributed by atoms with E-state index in [-0.39, 0.29) is 33.2 Å². The van der Waals surface area contributed by atoms with Crippen molar-refractivity contribution in [3.8, 4) is 11.1 Å². The number of fused-ring (bicyclic) bond motifs is 5. The Morgan fingerprint density at radius 3 is 1.58 bits per heavy atom. The van der Waals surface area contributed by atoms with Gasteiger partial charge in [0.1, 0.15) is 16.1 Å². The van der Waals surface area contributed by atoms with Gasteiger partial charge in [-0.2, -0.15) is 0 Å². The van der Waals surface area contributed by atoms with E-state index in [2.05, 4.69) is 132 Å². The number of hydrogen-bond donors (Lipinski definition) is 0. The van der Waals surface area contributed by atoms with Gasteiger partial charge in [-0.1, -0.05) is 100.0 Å². The Bertz CT molecular complexity index is 1200. The average Bonchev–Trinajstić information content (AvgIpc) is 3.15. The number of allylic oxidation sites excluding steroid dienone is 4. The molecule has 2 aliphatic carbocycles. The predicted octanol–water partition coefficient (Wildman–Crippen LogP) is 8.08. The van der Waals surface area contributed by atoms with Gasteiger partial charge in [-0.3, -0.25) is 0 Å². The number of hydrogen-bond acceptors (Lipinski definition) is 1. The van der Waals surface area contributed by atoms with Crippen molar-refractivity contribution in [2.45, 2.75) is 78.1 Å². The van der Waals surface area contributed by atoms with Crippen LogP contribution in [0, 0.1) is 17.0 Å². The molecule has 0 heterocycles. The van der Waals surface area contributed by atoms with Crippen LogP contribution in [-0.2, 0) is 32.6 Å². The number of benzene rings is 2. The SMILES string of the molecule is CN([Si](=O)CC1C=C2C(=C1)c1ccccc1Cc1ccccc12)C(C)(C)C.C[Si](C)(C)C#C[Si](C)(C)C.[Ti]. The quantitative estimate of drug-likeness (QED) is 0.266. The molecule has 2 aromatic carbocycles. The fraction of sp³-hybridized carbons (Fsp3) is 0.438. The zero-order valence-corrected chi connectivity index (χ0v) is 29.7. The van der Waals surface area contributed by atoms with Crippen molar-refractivity contribution in [2.75, 3.05) is 7.05 Å². The second kappa shape index (κ2) is 12.7. The number of nitrogens with zero attached hydrogens (tertiary/aromatic N) is 1. The zero-order valence-electron chi connectivity index (χ0n) is 25.1. The van der Waals surface area contributed by atoms with Crippen LogP contribution >= 0.6 is 0 Å². The Kier molecular flexibility index (Phi) is 11.0. The van der Waals surface area contributed by atoms with Crippen LogP contribution in [-0.4, -0.2) is 42.1 Å². The molecule has 6 heteroatoms. The van der Waals surface area contributed by atoms with E-state index < -0.39 is 25.0 Å². The van der Waals surface area contributed by atoms with E-state index in [4.69, 9.17) is 0 Å². The van der Waals surface area contributed by atoms with E-state index in [1.165, 1.54) is 33.4 Å². The van der Waals surface area contributed by atoms with E-state index in [0.717, 1.165) is 6.42 Å². The normalized spacial score (nSPS) is 14.5. The van der Waals surface area contributed by atoms with Crippen molar-refractivity contribution < 1.29 is 26.2 Å². The average molecular weight is 592 g/mol. The van der Waals surface area contributed by atoms with Crippen LogP contribution in [0.25, 0.3) is 11.1 Å². The third kappa shape index (κ3) is 9.00. The Morgan fingerprint density at radius 2 is 1.21 bits per heavy atom.